The number of ether oxygens (including phenoxy) is 2. The summed E-state index contributed by atoms with van der Waals surface area (Å²) in [6.45, 7) is 10.2. The zero-order valence-electron chi connectivity index (χ0n) is 27.8. The van der Waals surface area contributed by atoms with Gasteiger partial charge in [0.2, 0.25) is 0 Å². The van der Waals surface area contributed by atoms with Crippen molar-refractivity contribution in [1.29, 1.82) is 0 Å². The van der Waals surface area contributed by atoms with Gasteiger partial charge in [-0.05, 0) is 82.1 Å². The smallest absolute Gasteiger partial charge is 0.410 e. The molecule has 252 valence electrons. The van der Waals surface area contributed by atoms with Gasteiger partial charge in [-0.1, -0.05) is 12.1 Å². The van der Waals surface area contributed by atoms with E-state index in [0.29, 0.717) is 54.4 Å². The summed E-state index contributed by atoms with van der Waals surface area (Å²) >= 11 is 0. The van der Waals surface area contributed by atoms with Crippen molar-refractivity contribution in [3.8, 4) is 11.4 Å². The van der Waals surface area contributed by atoms with E-state index in [9.17, 15) is 18.0 Å². The first-order chi connectivity index (χ1) is 22.7. The maximum atomic E-state index is 12.9. The minimum atomic E-state index is -3.46. The van der Waals surface area contributed by atoms with Gasteiger partial charge in [-0.3, -0.25) is 9.78 Å². The number of fused-ring (bicyclic) bond motifs is 1. The molecule has 12 nitrogen and oxygen atoms in total. The third-order valence-corrected chi connectivity index (χ3v) is 9.69. The molecule has 1 spiro atoms. The van der Waals surface area contributed by atoms with Crippen molar-refractivity contribution in [3.05, 3.63) is 77.6 Å². The first-order valence-corrected chi connectivity index (χ1v) is 17.8. The molecule has 0 radical (unpaired) electrons. The molecule has 1 unspecified atom stereocenters. The number of hydrogen-bond acceptors (Lipinski definition) is 10. The van der Waals surface area contributed by atoms with Gasteiger partial charge in [-0.25, -0.2) is 23.2 Å². The second-order valence-corrected chi connectivity index (χ2v) is 15.5. The number of aromatic nitrogens is 3. The van der Waals surface area contributed by atoms with Gasteiger partial charge in [0.25, 0.3) is 5.91 Å². The fourth-order valence-electron chi connectivity index (χ4n) is 6.07. The van der Waals surface area contributed by atoms with Crippen LogP contribution in [0.2, 0.25) is 0 Å². The molecule has 2 aliphatic rings. The Kier molecular flexibility index (Phi) is 8.86. The number of benzene rings is 1. The summed E-state index contributed by atoms with van der Waals surface area (Å²) in [6.07, 6.45) is 3.28. The van der Waals surface area contributed by atoms with E-state index >= 15 is 0 Å². The zero-order valence-corrected chi connectivity index (χ0v) is 28.6. The molecule has 2 aliphatic heterocycles. The van der Waals surface area contributed by atoms with Crippen LogP contribution in [0.25, 0.3) is 22.3 Å². The predicted octanol–water partition coefficient (Wildman–Crippen LogP) is 4.55. The van der Waals surface area contributed by atoms with Crippen LogP contribution >= 0.6 is 0 Å². The van der Waals surface area contributed by atoms with Crippen LogP contribution in [0, 0.1) is 6.92 Å². The Labute approximate surface area is 280 Å². The molecular formula is C35H40N6O6S. The third kappa shape index (κ3) is 7.42. The van der Waals surface area contributed by atoms with Crippen molar-refractivity contribution in [1.82, 2.24) is 25.2 Å². The second-order valence-electron chi connectivity index (χ2n) is 13.5. The minimum Gasteiger partial charge on any atom is -0.444 e. The standard InChI is InChI=1S/C35H40N6O6S/c1-23-9-10-24(17-30(23)48(5,44)45)32(42)37-20-26-18-29-25(19-36-26)11-12-28(38-29)27-7-6-8-31(39-27)40-14-13-35(21-40)22-41(15-16-46-35)33(43)47-34(2,3)4/h6-12,17-19H,13-16,20-22H2,1-5H3,(H,37,42). The van der Waals surface area contributed by atoms with Crippen molar-refractivity contribution in [2.24, 2.45) is 0 Å². The van der Waals surface area contributed by atoms with Crippen molar-refractivity contribution >= 4 is 38.6 Å². The van der Waals surface area contributed by atoms with Gasteiger partial charge in [-0.15, -0.1) is 0 Å². The predicted molar refractivity (Wildman–Crippen MR) is 182 cm³/mol. The molecule has 2 saturated heterocycles. The highest BCUT2D eigenvalue weighted by Crippen LogP contribution is 2.33. The number of sulfone groups is 1. The van der Waals surface area contributed by atoms with Gasteiger partial charge in [0.15, 0.2) is 9.84 Å². The molecule has 0 saturated carbocycles. The van der Waals surface area contributed by atoms with Crippen LogP contribution < -0.4 is 10.2 Å². The number of anilines is 1. The number of carbonyl (C=O) groups is 2. The molecule has 3 aromatic heterocycles. The molecule has 4 aromatic rings. The molecule has 2 fully saturated rings. The third-order valence-electron chi connectivity index (χ3n) is 8.45. The van der Waals surface area contributed by atoms with Gasteiger partial charge >= 0.3 is 6.09 Å². The fraction of sp³-hybridized carbons (Fsp3) is 0.400. The number of morpholine rings is 1. The minimum absolute atomic E-state index is 0.129. The highest BCUT2D eigenvalue weighted by Gasteiger charge is 2.45. The largest absolute Gasteiger partial charge is 0.444 e. The van der Waals surface area contributed by atoms with E-state index in [-0.39, 0.29) is 23.1 Å². The van der Waals surface area contributed by atoms with Crippen molar-refractivity contribution in [2.75, 3.05) is 43.9 Å². The molecule has 1 N–H and O–H groups in total. The number of nitrogens with zero attached hydrogens (tertiary/aromatic N) is 5. The van der Waals surface area contributed by atoms with E-state index < -0.39 is 26.9 Å². The molecule has 0 bridgehead atoms. The van der Waals surface area contributed by atoms with Gasteiger partial charge < -0.3 is 24.6 Å². The summed E-state index contributed by atoms with van der Waals surface area (Å²) in [7, 11) is -3.46. The Balaban J connectivity index is 1.14. The number of amides is 2. The number of nitrogens with one attached hydrogen (secondary N) is 1. The van der Waals surface area contributed by atoms with Crippen LogP contribution in [-0.2, 0) is 25.9 Å². The highest BCUT2D eigenvalue weighted by molar-refractivity contribution is 7.90. The van der Waals surface area contributed by atoms with E-state index in [1.807, 2.05) is 57.2 Å². The summed E-state index contributed by atoms with van der Waals surface area (Å²) in [4.78, 5) is 44.0. The average Bonchev–Trinajstić information content (AvgIpc) is 3.44. The summed E-state index contributed by atoms with van der Waals surface area (Å²) in [5, 5.41) is 3.67. The topological polar surface area (TPSA) is 144 Å². The highest BCUT2D eigenvalue weighted by atomic mass is 32.2. The Morgan fingerprint density at radius 2 is 1.81 bits per heavy atom. The Hall–Kier alpha value is -4.62. The average molecular weight is 673 g/mol. The number of pyridine rings is 3. The van der Waals surface area contributed by atoms with Crippen molar-refractivity contribution in [2.45, 2.75) is 56.8 Å². The SMILES string of the molecule is Cc1ccc(C(=O)NCc2cc3nc(-c4cccc(N5CCC6(CN(C(=O)OC(C)(C)C)CCO6)C5)n4)ccc3cn2)cc1S(C)(=O)=O. The van der Waals surface area contributed by atoms with Gasteiger partial charge in [0, 0.05) is 36.5 Å². The zero-order chi connectivity index (χ0) is 34.3. The van der Waals surface area contributed by atoms with Gasteiger partial charge in [0.1, 0.15) is 17.0 Å². The van der Waals surface area contributed by atoms with Crippen LogP contribution in [-0.4, -0.2) is 90.5 Å². The van der Waals surface area contributed by atoms with Crippen LogP contribution in [0.15, 0.2) is 65.7 Å². The first kappa shape index (κ1) is 33.3. The molecular weight excluding hydrogens is 632 g/mol. The number of hydrogen-bond donors (Lipinski definition) is 1. The normalized spacial score (nSPS) is 18.4. The van der Waals surface area contributed by atoms with Crippen LogP contribution in [0.1, 0.15) is 48.8 Å². The van der Waals surface area contributed by atoms with Gasteiger partial charge in [0.05, 0.1) is 53.7 Å². The molecule has 1 aromatic carbocycles. The van der Waals surface area contributed by atoms with E-state index in [0.717, 1.165) is 30.4 Å². The maximum Gasteiger partial charge on any atom is 0.410 e. The fourth-order valence-corrected chi connectivity index (χ4v) is 7.06. The lowest BCUT2D eigenvalue weighted by Gasteiger charge is -2.40. The molecule has 0 aliphatic carbocycles. The Morgan fingerprint density at radius 1 is 1.02 bits per heavy atom. The van der Waals surface area contributed by atoms with Crippen LogP contribution in [0.4, 0.5) is 10.6 Å². The Morgan fingerprint density at radius 3 is 2.58 bits per heavy atom. The first-order valence-electron chi connectivity index (χ1n) is 15.9. The molecule has 6 rings (SSSR count). The quantitative estimate of drug-likeness (QED) is 0.310. The van der Waals surface area contributed by atoms with Crippen molar-refractivity contribution < 1.29 is 27.5 Å². The molecule has 5 heterocycles. The lowest BCUT2D eigenvalue weighted by atomic mass is 10.0. The lowest BCUT2D eigenvalue weighted by Crippen LogP contribution is -2.55. The summed E-state index contributed by atoms with van der Waals surface area (Å²) < 4.78 is 36.1. The van der Waals surface area contributed by atoms with E-state index in [1.54, 1.807) is 30.2 Å². The van der Waals surface area contributed by atoms with E-state index in [4.69, 9.17) is 19.4 Å². The lowest BCUT2D eigenvalue weighted by molar-refractivity contribution is -0.0958. The monoisotopic (exact) mass is 672 g/mol. The van der Waals surface area contributed by atoms with E-state index in [2.05, 4.69) is 15.2 Å². The van der Waals surface area contributed by atoms with Crippen molar-refractivity contribution in [3.63, 3.8) is 0 Å². The molecule has 1 atom stereocenters. The number of carbonyl (C=O) groups excluding carboxylic acids is 2. The second kappa shape index (κ2) is 12.8. The summed E-state index contributed by atoms with van der Waals surface area (Å²) in [5.41, 5.74) is 2.51. The molecule has 2 amide bonds. The molecule has 13 heteroatoms. The van der Waals surface area contributed by atoms with E-state index in [1.165, 1.54) is 6.07 Å². The molecule has 48 heavy (non-hydrogen) atoms. The number of aryl methyl sites for hydroxylation is 1. The Bertz CT molecular complexity index is 2000. The van der Waals surface area contributed by atoms with Gasteiger partial charge in [-0.2, -0.15) is 0 Å². The van der Waals surface area contributed by atoms with Crippen LogP contribution in [0.3, 0.4) is 0 Å². The maximum absolute atomic E-state index is 12.9. The van der Waals surface area contributed by atoms with Crippen LogP contribution in [0.5, 0.6) is 0 Å². The summed E-state index contributed by atoms with van der Waals surface area (Å²) in [5.74, 6) is 0.405. The summed E-state index contributed by atoms with van der Waals surface area (Å²) in [6, 6.07) is 16.1. The number of rotatable bonds is 6.